The summed E-state index contributed by atoms with van der Waals surface area (Å²) in [6.07, 6.45) is 8.40. The van der Waals surface area contributed by atoms with Gasteiger partial charge < -0.3 is 9.47 Å². The van der Waals surface area contributed by atoms with E-state index in [0.717, 1.165) is 35.1 Å². The Morgan fingerprint density at radius 3 is 2.87 bits per heavy atom. The molecule has 3 aromatic heterocycles. The minimum absolute atomic E-state index is 0.138. The molecule has 0 aliphatic carbocycles. The highest BCUT2D eigenvalue weighted by Gasteiger charge is 2.42. The lowest BCUT2D eigenvalue weighted by atomic mass is 9.96. The van der Waals surface area contributed by atoms with Crippen LogP contribution in [0.25, 0.3) is 22.2 Å². The smallest absolute Gasteiger partial charge is 0.257 e. The van der Waals surface area contributed by atoms with E-state index in [2.05, 4.69) is 51.9 Å². The lowest BCUT2D eigenvalue weighted by Gasteiger charge is -2.31. The van der Waals surface area contributed by atoms with E-state index in [-0.39, 0.29) is 22.9 Å². The SMILES string of the molecule is CC1(C)CC(Cn2ccc3cc(-c4cn[nH]c4)ncc32)CN1C(=O)c1ccccc1F. The van der Waals surface area contributed by atoms with Gasteiger partial charge in [-0.1, -0.05) is 12.1 Å². The number of hydrogen-bond acceptors (Lipinski definition) is 3. The second-order valence-corrected chi connectivity index (χ2v) is 8.86. The van der Waals surface area contributed by atoms with Crippen LogP contribution < -0.4 is 0 Å². The van der Waals surface area contributed by atoms with Gasteiger partial charge in [0, 0.05) is 42.0 Å². The lowest BCUT2D eigenvalue weighted by Crippen LogP contribution is -2.43. The Bertz CT molecular complexity index is 1240. The molecule has 1 N–H and O–H groups in total. The number of nitrogens with zero attached hydrogens (tertiary/aromatic N) is 4. The highest BCUT2D eigenvalue weighted by Crippen LogP contribution is 2.35. The third kappa shape index (κ3) is 3.50. The number of carbonyl (C=O) groups excluding carboxylic acids is 1. The molecule has 0 saturated carbocycles. The van der Waals surface area contributed by atoms with Crippen LogP contribution in [0.3, 0.4) is 0 Å². The number of H-pyrrole nitrogens is 1. The van der Waals surface area contributed by atoms with Crippen molar-refractivity contribution in [2.24, 2.45) is 5.92 Å². The maximum Gasteiger partial charge on any atom is 0.257 e. The van der Waals surface area contributed by atoms with Gasteiger partial charge in [-0.05, 0) is 50.5 Å². The van der Waals surface area contributed by atoms with E-state index in [0.29, 0.717) is 6.54 Å². The van der Waals surface area contributed by atoms with E-state index in [1.54, 1.807) is 24.4 Å². The van der Waals surface area contributed by atoms with E-state index in [9.17, 15) is 9.18 Å². The van der Waals surface area contributed by atoms with Gasteiger partial charge in [0.15, 0.2) is 0 Å². The van der Waals surface area contributed by atoms with Gasteiger partial charge in [-0.25, -0.2) is 4.39 Å². The van der Waals surface area contributed by atoms with Crippen molar-refractivity contribution in [1.82, 2.24) is 24.6 Å². The molecule has 31 heavy (non-hydrogen) atoms. The Hall–Kier alpha value is -3.48. The van der Waals surface area contributed by atoms with E-state index >= 15 is 0 Å². The maximum atomic E-state index is 14.2. The minimum Gasteiger partial charge on any atom is -0.346 e. The molecule has 4 heterocycles. The zero-order valence-corrected chi connectivity index (χ0v) is 17.5. The second-order valence-electron chi connectivity index (χ2n) is 8.86. The number of hydrogen-bond donors (Lipinski definition) is 1. The zero-order chi connectivity index (χ0) is 21.6. The van der Waals surface area contributed by atoms with Crippen LogP contribution in [0, 0.1) is 11.7 Å². The molecular weight excluding hydrogens is 393 g/mol. The Morgan fingerprint density at radius 1 is 1.26 bits per heavy atom. The molecule has 1 unspecified atom stereocenters. The van der Waals surface area contributed by atoms with Crippen LogP contribution in [0.1, 0.15) is 30.6 Å². The zero-order valence-electron chi connectivity index (χ0n) is 17.5. The summed E-state index contributed by atoms with van der Waals surface area (Å²) in [7, 11) is 0. The van der Waals surface area contributed by atoms with Crippen molar-refractivity contribution in [3.63, 3.8) is 0 Å². The molecule has 1 atom stereocenters. The van der Waals surface area contributed by atoms with Crippen molar-refractivity contribution in [2.45, 2.75) is 32.4 Å². The van der Waals surface area contributed by atoms with Crippen molar-refractivity contribution >= 4 is 16.8 Å². The number of likely N-dealkylation sites (tertiary alicyclic amines) is 1. The number of benzene rings is 1. The Balaban J connectivity index is 1.37. The second kappa shape index (κ2) is 7.34. The Morgan fingerprint density at radius 2 is 2.10 bits per heavy atom. The molecule has 1 amide bonds. The minimum atomic E-state index is -0.470. The van der Waals surface area contributed by atoms with Crippen molar-refractivity contribution in [1.29, 1.82) is 0 Å². The summed E-state index contributed by atoms with van der Waals surface area (Å²) in [4.78, 5) is 19.5. The van der Waals surface area contributed by atoms with E-state index in [1.807, 2.05) is 17.3 Å². The summed E-state index contributed by atoms with van der Waals surface area (Å²) < 4.78 is 16.4. The number of aromatic amines is 1. The van der Waals surface area contributed by atoms with Crippen LogP contribution in [-0.2, 0) is 6.54 Å². The predicted molar refractivity (Wildman–Crippen MR) is 117 cm³/mol. The molecule has 1 aromatic carbocycles. The lowest BCUT2D eigenvalue weighted by molar-refractivity contribution is 0.0644. The van der Waals surface area contributed by atoms with Crippen LogP contribution in [0.15, 0.2) is 61.2 Å². The van der Waals surface area contributed by atoms with Gasteiger partial charge in [0.25, 0.3) is 5.91 Å². The quantitative estimate of drug-likeness (QED) is 0.531. The summed E-state index contributed by atoms with van der Waals surface area (Å²) in [5, 5.41) is 7.92. The average molecular weight is 417 g/mol. The first kappa shape index (κ1) is 19.5. The van der Waals surface area contributed by atoms with Gasteiger partial charge in [-0.15, -0.1) is 0 Å². The molecule has 0 radical (unpaired) electrons. The molecule has 0 spiro atoms. The maximum absolute atomic E-state index is 14.2. The molecule has 158 valence electrons. The number of halogens is 1. The molecule has 1 aliphatic rings. The van der Waals surface area contributed by atoms with Gasteiger partial charge >= 0.3 is 0 Å². The molecule has 4 aromatic rings. The summed E-state index contributed by atoms with van der Waals surface area (Å²) in [5.74, 6) is -0.438. The van der Waals surface area contributed by atoms with E-state index in [1.165, 1.54) is 6.07 Å². The highest BCUT2D eigenvalue weighted by molar-refractivity contribution is 5.95. The predicted octanol–water partition coefficient (Wildman–Crippen LogP) is 4.51. The molecule has 7 heteroatoms. The summed E-state index contributed by atoms with van der Waals surface area (Å²) >= 11 is 0. The standard InChI is InChI=1S/C24H24FN5O/c1-24(2)10-16(15-30(24)23(31)19-5-3-4-6-20(19)25)14-29-8-7-17-9-21(26-13-22(17)29)18-11-27-28-12-18/h3-9,11-13,16H,10,14-15H2,1-2H3,(H,27,28). The van der Waals surface area contributed by atoms with Gasteiger partial charge in [0.1, 0.15) is 5.82 Å². The van der Waals surface area contributed by atoms with E-state index < -0.39 is 5.82 Å². The number of amides is 1. The fourth-order valence-electron chi connectivity index (χ4n) is 4.72. The first-order valence-electron chi connectivity index (χ1n) is 10.4. The number of fused-ring (bicyclic) bond motifs is 1. The van der Waals surface area contributed by atoms with Crippen molar-refractivity contribution in [2.75, 3.05) is 6.54 Å². The molecule has 1 saturated heterocycles. The largest absolute Gasteiger partial charge is 0.346 e. The van der Waals surface area contributed by atoms with Crippen molar-refractivity contribution in [3.8, 4) is 11.3 Å². The molecule has 0 bridgehead atoms. The molecule has 5 rings (SSSR count). The van der Waals surface area contributed by atoms with Crippen LogP contribution >= 0.6 is 0 Å². The summed E-state index contributed by atoms with van der Waals surface area (Å²) in [5.41, 5.74) is 2.69. The van der Waals surface area contributed by atoms with E-state index in [4.69, 9.17) is 0 Å². The summed E-state index contributed by atoms with van der Waals surface area (Å²) in [6, 6.07) is 10.3. The number of nitrogens with one attached hydrogen (secondary N) is 1. The first-order valence-corrected chi connectivity index (χ1v) is 10.4. The van der Waals surface area contributed by atoms with Crippen LogP contribution in [0.2, 0.25) is 0 Å². The summed E-state index contributed by atoms with van der Waals surface area (Å²) in [6.45, 7) is 5.48. The fraction of sp³-hybridized carbons (Fsp3) is 0.292. The molecular formula is C24H24FN5O. The van der Waals surface area contributed by atoms with Gasteiger partial charge in [-0.2, -0.15) is 5.10 Å². The number of rotatable bonds is 4. The van der Waals surface area contributed by atoms with Crippen molar-refractivity contribution < 1.29 is 9.18 Å². The highest BCUT2D eigenvalue weighted by atomic mass is 19.1. The third-order valence-corrected chi connectivity index (χ3v) is 6.22. The number of pyridine rings is 1. The Labute approximate surface area is 179 Å². The van der Waals surface area contributed by atoms with Crippen LogP contribution in [0.5, 0.6) is 0 Å². The average Bonchev–Trinajstić information content (AvgIpc) is 3.47. The first-order chi connectivity index (χ1) is 14.9. The third-order valence-electron chi connectivity index (χ3n) is 6.22. The molecule has 1 aliphatic heterocycles. The van der Waals surface area contributed by atoms with Gasteiger partial charge in [0.05, 0.1) is 29.2 Å². The normalized spacial score (nSPS) is 18.0. The monoisotopic (exact) mass is 417 g/mol. The topological polar surface area (TPSA) is 66.8 Å². The van der Waals surface area contributed by atoms with Crippen molar-refractivity contribution in [3.05, 3.63) is 72.6 Å². The molecule has 1 fully saturated rings. The fourth-order valence-corrected chi connectivity index (χ4v) is 4.72. The van der Waals surface area contributed by atoms with Gasteiger partial charge in [0.2, 0.25) is 0 Å². The Kier molecular flexibility index (Phi) is 4.61. The number of aromatic nitrogens is 4. The number of carbonyl (C=O) groups is 1. The van der Waals surface area contributed by atoms with Crippen LogP contribution in [-0.4, -0.2) is 42.6 Å². The van der Waals surface area contributed by atoms with Crippen LogP contribution in [0.4, 0.5) is 4.39 Å². The molecule has 6 nitrogen and oxygen atoms in total. The van der Waals surface area contributed by atoms with Gasteiger partial charge in [-0.3, -0.25) is 14.9 Å².